The molecule has 3 nitrogen and oxygen atoms in total. The predicted octanol–water partition coefficient (Wildman–Crippen LogP) is 12.8. The summed E-state index contributed by atoms with van der Waals surface area (Å²) in [7, 11) is -1.67. The van der Waals surface area contributed by atoms with Gasteiger partial charge in [0.05, 0.1) is 13.2 Å². The van der Waals surface area contributed by atoms with Gasteiger partial charge in [-0.3, -0.25) is 0 Å². The Morgan fingerprint density at radius 3 is 0.683 bits per heavy atom. The zero-order chi connectivity index (χ0) is 29.0. The van der Waals surface area contributed by atoms with Gasteiger partial charge in [0, 0.05) is 0 Å². The van der Waals surface area contributed by atoms with E-state index >= 15 is 0 Å². The van der Waals surface area contributed by atoms with E-state index in [2.05, 4.69) is 13.8 Å². The van der Waals surface area contributed by atoms with E-state index < -0.39 is 8.60 Å². The van der Waals surface area contributed by atoms with Crippen LogP contribution in [0.15, 0.2) is 0 Å². The number of unbranched alkanes of at least 4 members (excludes halogenated alkanes) is 30. The molecule has 1 N–H and O–H groups in total. The van der Waals surface area contributed by atoms with Crippen LogP contribution in [0.4, 0.5) is 0 Å². The van der Waals surface area contributed by atoms with E-state index in [1.54, 1.807) is 0 Å². The molecule has 0 aromatic heterocycles. The van der Waals surface area contributed by atoms with E-state index in [1.807, 2.05) is 0 Å². The molecular formula is C36H77O3PPb. The molecule has 0 saturated heterocycles. The molecule has 0 rings (SSSR count). The molecule has 0 aromatic carbocycles. The van der Waals surface area contributed by atoms with Crippen molar-refractivity contribution < 1.29 is 13.9 Å². The molecule has 0 bridgehead atoms. The number of hydrogen-bond donors (Lipinski definition) is 1. The van der Waals surface area contributed by atoms with Crippen molar-refractivity contribution in [2.45, 2.75) is 219 Å². The summed E-state index contributed by atoms with van der Waals surface area (Å²) in [5, 5.41) is 0. The van der Waals surface area contributed by atoms with Gasteiger partial charge in [-0.25, -0.2) is 0 Å². The first-order valence-electron chi connectivity index (χ1n) is 18.6. The summed E-state index contributed by atoms with van der Waals surface area (Å²) >= 11 is 0. The van der Waals surface area contributed by atoms with Crippen LogP contribution in [0, 0.1) is 0 Å². The number of rotatable bonds is 36. The monoisotopic (exact) mass is 797 g/mol. The van der Waals surface area contributed by atoms with Gasteiger partial charge in [0.1, 0.15) is 0 Å². The number of hydrogen-bond acceptors (Lipinski definition) is 3. The Morgan fingerprint density at radius 1 is 0.317 bits per heavy atom. The molecular weight excluding hydrogens is 719 g/mol. The fraction of sp³-hybridized carbons (Fsp3) is 1.00. The Bertz CT molecular complexity index is 403. The van der Waals surface area contributed by atoms with Crippen molar-refractivity contribution in [3.8, 4) is 0 Å². The van der Waals surface area contributed by atoms with Crippen LogP contribution < -0.4 is 0 Å². The molecule has 0 aliphatic rings. The van der Waals surface area contributed by atoms with E-state index in [0.717, 1.165) is 12.8 Å². The molecule has 248 valence electrons. The second-order valence-corrected chi connectivity index (χ2v) is 13.5. The standard InChI is InChI=1S/C36H75O3P.Pb.2H/c1-3-5-7-9-11-13-15-17-19-21-23-25-27-29-31-33-35-38-40(37)39-36-34-32-30-28-26-24-22-20-18-16-14-12-10-8-6-4-2;;;/h37H,3-36H2,1-2H3;;;. The van der Waals surface area contributed by atoms with Crippen molar-refractivity contribution in [1.29, 1.82) is 0 Å². The van der Waals surface area contributed by atoms with Gasteiger partial charge >= 0.3 is 35.9 Å². The second-order valence-electron chi connectivity index (χ2n) is 12.5. The van der Waals surface area contributed by atoms with Crippen LogP contribution in [0.3, 0.4) is 0 Å². The van der Waals surface area contributed by atoms with Gasteiger partial charge in [-0.2, -0.15) is 0 Å². The molecule has 0 saturated carbocycles. The molecule has 0 heterocycles. The van der Waals surface area contributed by atoms with Crippen LogP contribution in [0.1, 0.15) is 219 Å². The van der Waals surface area contributed by atoms with Gasteiger partial charge in [0.15, 0.2) is 0 Å². The zero-order valence-corrected chi connectivity index (χ0v) is 34.9. The molecule has 0 aliphatic heterocycles. The van der Waals surface area contributed by atoms with E-state index in [4.69, 9.17) is 9.05 Å². The quantitative estimate of drug-likeness (QED) is 0.0390. The summed E-state index contributed by atoms with van der Waals surface area (Å²) in [4.78, 5) is 9.92. The summed E-state index contributed by atoms with van der Waals surface area (Å²) in [6.07, 6.45) is 44.0. The van der Waals surface area contributed by atoms with Crippen LogP contribution in [-0.4, -0.2) is 45.4 Å². The maximum atomic E-state index is 9.92. The molecule has 0 aliphatic carbocycles. The van der Waals surface area contributed by atoms with Crippen LogP contribution >= 0.6 is 8.60 Å². The van der Waals surface area contributed by atoms with E-state index in [1.165, 1.54) is 193 Å². The Hall–Kier alpha value is 1.23. The Kier molecular flexibility index (Phi) is 44.6. The van der Waals surface area contributed by atoms with Crippen molar-refractivity contribution in [3.05, 3.63) is 0 Å². The van der Waals surface area contributed by atoms with Gasteiger partial charge < -0.3 is 13.9 Å². The van der Waals surface area contributed by atoms with Crippen LogP contribution in [0.25, 0.3) is 0 Å². The average molecular weight is 796 g/mol. The maximum absolute atomic E-state index is 9.92. The molecule has 0 spiro atoms. The third-order valence-electron chi connectivity index (χ3n) is 8.40. The zero-order valence-electron chi connectivity index (χ0n) is 28.5. The third-order valence-corrected chi connectivity index (χ3v) is 9.21. The van der Waals surface area contributed by atoms with E-state index in [9.17, 15) is 4.89 Å². The van der Waals surface area contributed by atoms with E-state index in [0.29, 0.717) is 13.2 Å². The van der Waals surface area contributed by atoms with Gasteiger partial charge in [-0.15, -0.1) is 0 Å². The molecule has 0 aromatic rings. The second kappa shape index (κ2) is 41.2. The fourth-order valence-electron chi connectivity index (χ4n) is 5.62. The molecule has 0 amide bonds. The molecule has 0 unspecified atom stereocenters. The average Bonchev–Trinajstić information content (AvgIpc) is 2.96. The van der Waals surface area contributed by atoms with Gasteiger partial charge in [-0.05, 0) is 12.8 Å². The van der Waals surface area contributed by atoms with E-state index in [-0.39, 0.29) is 27.3 Å². The van der Waals surface area contributed by atoms with Crippen molar-refractivity contribution in [1.82, 2.24) is 0 Å². The Labute approximate surface area is 281 Å². The summed E-state index contributed by atoms with van der Waals surface area (Å²) in [5.74, 6) is 0. The summed E-state index contributed by atoms with van der Waals surface area (Å²) in [5.41, 5.74) is 0. The molecule has 0 atom stereocenters. The summed E-state index contributed by atoms with van der Waals surface area (Å²) in [6.45, 7) is 5.86. The molecule has 2 radical (unpaired) electrons. The van der Waals surface area contributed by atoms with Crippen LogP contribution in [0.5, 0.6) is 0 Å². The third kappa shape index (κ3) is 41.2. The van der Waals surface area contributed by atoms with Crippen LogP contribution in [0.2, 0.25) is 0 Å². The minimum atomic E-state index is -1.67. The Morgan fingerprint density at radius 2 is 0.488 bits per heavy atom. The van der Waals surface area contributed by atoms with Gasteiger partial charge in [0.25, 0.3) is 0 Å². The summed E-state index contributed by atoms with van der Waals surface area (Å²) < 4.78 is 11.0. The first kappa shape index (κ1) is 44.4. The van der Waals surface area contributed by atoms with Crippen molar-refractivity contribution in [2.75, 3.05) is 13.2 Å². The summed E-state index contributed by atoms with van der Waals surface area (Å²) in [6, 6.07) is 0. The van der Waals surface area contributed by atoms with Gasteiger partial charge in [-0.1, -0.05) is 206 Å². The van der Waals surface area contributed by atoms with Crippen molar-refractivity contribution in [2.24, 2.45) is 0 Å². The topological polar surface area (TPSA) is 38.7 Å². The van der Waals surface area contributed by atoms with Gasteiger partial charge in [0.2, 0.25) is 0 Å². The van der Waals surface area contributed by atoms with Crippen LogP contribution in [-0.2, 0) is 9.05 Å². The molecule has 0 fully saturated rings. The van der Waals surface area contributed by atoms with Crippen molar-refractivity contribution in [3.63, 3.8) is 0 Å². The Balaban J connectivity index is 0. The molecule has 5 heteroatoms. The fourth-order valence-corrected chi connectivity index (χ4v) is 6.27. The van der Waals surface area contributed by atoms with Crippen molar-refractivity contribution >= 4 is 35.9 Å². The minimum absolute atomic E-state index is 0. The first-order valence-corrected chi connectivity index (χ1v) is 19.7. The SMILES string of the molecule is CCCCCCCCCCCCCCCCCCOP(O)OCCCCCCCCCCCCCCCCCC.[PbH2]. The predicted molar refractivity (Wildman–Crippen MR) is 189 cm³/mol. The normalized spacial score (nSPS) is 11.4. The molecule has 41 heavy (non-hydrogen) atoms. The first-order chi connectivity index (χ1) is 19.8.